The normalized spacial score (nSPS) is 9.68. The van der Waals surface area contributed by atoms with Crippen molar-refractivity contribution >= 4 is 21.6 Å². The van der Waals surface area contributed by atoms with Crippen molar-refractivity contribution in [2.24, 2.45) is 0 Å². The predicted molar refractivity (Wildman–Crippen MR) is 79.3 cm³/mol. The lowest BCUT2D eigenvalue weighted by molar-refractivity contribution is 0.333. The summed E-state index contributed by atoms with van der Waals surface area (Å²) in [7, 11) is 0. The molecular weight excluding hydrogens is 304 g/mol. The number of ether oxygens (including phenoxy) is 1. The topological polar surface area (TPSA) is 45.0 Å². The first-order valence-corrected chi connectivity index (χ1v) is 6.69. The lowest BCUT2D eigenvalue weighted by Gasteiger charge is -2.08. The number of hydrogen-bond donors (Lipinski definition) is 1. The molecule has 0 bridgehead atoms. The standard InChI is InChI=1S/C15H13BrN2O/c16-13-3-5-14(6-4-13)18-9-10-19-15-7-1-12(11-17)2-8-15/h1-8,18H,9-10H2. The molecule has 19 heavy (non-hydrogen) atoms. The minimum atomic E-state index is 0.571. The van der Waals surface area contributed by atoms with Crippen LogP contribution < -0.4 is 10.1 Å². The summed E-state index contributed by atoms with van der Waals surface area (Å²) in [5.41, 5.74) is 1.70. The smallest absolute Gasteiger partial charge is 0.119 e. The zero-order valence-electron chi connectivity index (χ0n) is 10.3. The van der Waals surface area contributed by atoms with Gasteiger partial charge in [0.25, 0.3) is 0 Å². The number of nitrogens with zero attached hydrogens (tertiary/aromatic N) is 1. The lowest BCUT2D eigenvalue weighted by Crippen LogP contribution is -2.11. The third kappa shape index (κ3) is 4.31. The number of rotatable bonds is 5. The third-order valence-corrected chi connectivity index (χ3v) is 3.06. The molecule has 0 heterocycles. The molecule has 96 valence electrons. The highest BCUT2D eigenvalue weighted by Gasteiger charge is 1.95. The second kappa shape index (κ2) is 6.81. The Kier molecular flexibility index (Phi) is 4.82. The Labute approximate surface area is 121 Å². The number of halogens is 1. The van der Waals surface area contributed by atoms with Gasteiger partial charge in [-0.1, -0.05) is 15.9 Å². The molecule has 0 aliphatic carbocycles. The summed E-state index contributed by atoms with van der Waals surface area (Å²) in [5, 5.41) is 12.0. The van der Waals surface area contributed by atoms with E-state index in [2.05, 4.69) is 27.3 Å². The van der Waals surface area contributed by atoms with Gasteiger partial charge in [0, 0.05) is 16.7 Å². The van der Waals surface area contributed by atoms with Gasteiger partial charge >= 0.3 is 0 Å². The van der Waals surface area contributed by atoms with E-state index in [0.717, 1.165) is 22.5 Å². The first kappa shape index (κ1) is 13.4. The van der Waals surface area contributed by atoms with Crippen molar-refractivity contribution in [3.8, 4) is 11.8 Å². The van der Waals surface area contributed by atoms with Crippen LogP contribution in [0.25, 0.3) is 0 Å². The second-order valence-electron chi connectivity index (χ2n) is 3.92. The van der Waals surface area contributed by atoms with Gasteiger partial charge < -0.3 is 10.1 Å². The molecular formula is C15H13BrN2O. The average molecular weight is 317 g/mol. The number of anilines is 1. The first-order valence-electron chi connectivity index (χ1n) is 5.90. The van der Waals surface area contributed by atoms with Gasteiger partial charge in [-0.2, -0.15) is 5.26 Å². The molecule has 0 aliphatic rings. The third-order valence-electron chi connectivity index (χ3n) is 2.53. The largest absolute Gasteiger partial charge is 0.492 e. The van der Waals surface area contributed by atoms with Gasteiger partial charge in [-0.3, -0.25) is 0 Å². The maximum Gasteiger partial charge on any atom is 0.119 e. The van der Waals surface area contributed by atoms with Crippen molar-refractivity contribution in [1.29, 1.82) is 5.26 Å². The van der Waals surface area contributed by atoms with Crippen LogP contribution in [-0.2, 0) is 0 Å². The van der Waals surface area contributed by atoms with Crippen LogP contribution in [0.2, 0.25) is 0 Å². The molecule has 2 aromatic rings. The van der Waals surface area contributed by atoms with E-state index in [0.29, 0.717) is 12.2 Å². The van der Waals surface area contributed by atoms with E-state index < -0.39 is 0 Å². The summed E-state index contributed by atoms with van der Waals surface area (Å²) >= 11 is 3.39. The van der Waals surface area contributed by atoms with Crippen molar-refractivity contribution in [2.45, 2.75) is 0 Å². The fourth-order valence-electron chi connectivity index (χ4n) is 1.56. The maximum absolute atomic E-state index is 8.68. The van der Waals surface area contributed by atoms with Crippen molar-refractivity contribution in [3.63, 3.8) is 0 Å². The SMILES string of the molecule is N#Cc1ccc(OCCNc2ccc(Br)cc2)cc1. The van der Waals surface area contributed by atoms with E-state index in [-0.39, 0.29) is 0 Å². The van der Waals surface area contributed by atoms with E-state index in [1.54, 1.807) is 24.3 Å². The van der Waals surface area contributed by atoms with Crippen LogP contribution in [0.4, 0.5) is 5.69 Å². The molecule has 0 unspecified atom stereocenters. The molecule has 0 spiro atoms. The molecule has 0 aromatic heterocycles. The molecule has 0 atom stereocenters. The van der Waals surface area contributed by atoms with Crippen molar-refractivity contribution < 1.29 is 4.74 Å². The summed E-state index contributed by atoms with van der Waals surface area (Å²) in [5.74, 6) is 0.775. The molecule has 0 fully saturated rings. The van der Waals surface area contributed by atoms with Gasteiger partial charge in [0.05, 0.1) is 11.6 Å². The average Bonchev–Trinajstić information content (AvgIpc) is 2.46. The highest BCUT2D eigenvalue weighted by molar-refractivity contribution is 9.10. The van der Waals surface area contributed by atoms with Gasteiger partial charge in [0.15, 0.2) is 0 Å². The molecule has 4 heteroatoms. The van der Waals surface area contributed by atoms with Gasteiger partial charge in [0.2, 0.25) is 0 Å². The van der Waals surface area contributed by atoms with E-state index in [1.807, 2.05) is 24.3 Å². The minimum Gasteiger partial charge on any atom is -0.492 e. The Bertz CT molecular complexity index is 558. The number of benzene rings is 2. The molecule has 0 amide bonds. The number of nitrogens with one attached hydrogen (secondary N) is 1. The van der Waals surface area contributed by atoms with Gasteiger partial charge in [-0.15, -0.1) is 0 Å². The van der Waals surface area contributed by atoms with Crippen LogP contribution in [-0.4, -0.2) is 13.2 Å². The summed E-state index contributed by atoms with van der Waals surface area (Å²) in [6.07, 6.45) is 0. The molecule has 2 rings (SSSR count). The highest BCUT2D eigenvalue weighted by Crippen LogP contribution is 2.14. The second-order valence-corrected chi connectivity index (χ2v) is 4.83. The van der Waals surface area contributed by atoms with Crippen LogP contribution in [0.1, 0.15) is 5.56 Å². The van der Waals surface area contributed by atoms with Crippen LogP contribution in [0.3, 0.4) is 0 Å². The van der Waals surface area contributed by atoms with E-state index >= 15 is 0 Å². The zero-order valence-corrected chi connectivity index (χ0v) is 11.9. The molecule has 2 aromatic carbocycles. The van der Waals surface area contributed by atoms with E-state index in [1.165, 1.54) is 0 Å². The number of nitriles is 1. The Balaban J connectivity index is 1.74. The molecule has 3 nitrogen and oxygen atoms in total. The van der Waals surface area contributed by atoms with Crippen LogP contribution in [0.15, 0.2) is 53.0 Å². The highest BCUT2D eigenvalue weighted by atomic mass is 79.9. The van der Waals surface area contributed by atoms with Crippen molar-refractivity contribution in [2.75, 3.05) is 18.5 Å². The fourth-order valence-corrected chi connectivity index (χ4v) is 1.82. The summed E-state index contributed by atoms with van der Waals surface area (Å²) in [4.78, 5) is 0. The minimum absolute atomic E-state index is 0.571. The Morgan fingerprint density at radius 2 is 1.74 bits per heavy atom. The Hall–Kier alpha value is -1.99. The Morgan fingerprint density at radius 1 is 1.05 bits per heavy atom. The zero-order chi connectivity index (χ0) is 13.5. The Morgan fingerprint density at radius 3 is 2.37 bits per heavy atom. The van der Waals surface area contributed by atoms with Crippen LogP contribution >= 0.6 is 15.9 Å². The van der Waals surface area contributed by atoms with Crippen LogP contribution in [0, 0.1) is 11.3 Å². The van der Waals surface area contributed by atoms with Gasteiger partial charge in [-0.25, -0.2) is 0 Å². The monoisotopic (exact) mass is 316 g/mol. The van der Waals surface area contributed by atoms with E-state index in [4.69, 9.17) is 10.00 Å². The first-order chi connectivity index (χ1) is 9.28. The molecule has 0 aliphatic heterocycles. The number of hydrogen-bond acceptors (Lipinski definition) is 3. The van der Waals surface area contributed by atoms with E-state index in [9.17, 15) is 0 Å². The van der Waals surface area contributed by atoms with Gasteiger partial charge in [0.1, 0.15) is 12.4 Å². The summed E-state index contributed by atoms with van der Waals surface area (Å²) in [6, 6.07) is 17.2. The maximum atomic E-state index is 8.68. The van der Waals surface area contributed by atoms with Gasteiger partial charge in [-0.05, 0) is 48.5 Å². The molecule has 0 radical (unpaired) electrons. The molecule has 0 saturated heterocycles. The summed E-state index contributed by atoms with van der Waals surface area (Å²) in [6.45, 7) is 1.30. The fraction of sp³-hybridized carbons (Fsp3) is 0.133. The molecule has 1 N–H and O–H groups in total. The predicted octanol–water partition coefficient (Wildman–Crippen LogP) is 3.81. The molecule has 0 saturated carbocycles. The lowest BCUT2D eigenvalue weighted by atomic mass is 10.2. The van der Waals surface area contributed by atoms with Crippen LogP contribution in [0.5, 0.6) is 5.75 Å². The summed E-state index contributed by atoms with van der Waals surface area (Å²) < 4.78 is 6.63. The quantitative estimate of drug-likeness (QED) is 0.853. The van der Waals surface area contributed by atoms with Crippen molar-refractivity contribution in [3.05, 3.63) is 58.6 Å². The van der Waals surface area contributed by atoms with Crippen molar-refractivity contribution in [1.82, 2.24) is 0 Å².